The van der Waals surface area contributed by atoms with Gasteiger partial charge in [-0.2, -0.15) is 5.26 Å². The number of amides is 1. The van der Waals surface area contributed by atoms with Gasteiger partial charge in [0.25, 0.3) is 0 Å². The number of nitrogens with one attached hydrogen (secondary N) is 1. The van der Waals surface area contributed by atoms with E-state index in [0.29, 0.717) is 23.1 Å². The number of carbonyl (C=O) groups excluding carboxylic acids is 1. The third kappa shape index (κ3) is 2.88. The molecule has 6 nitrogen and oxygen atoms in total. The van der Waals surface area contributed by atoms with E-state index in [2.05, 4.69) is 10.3 Å². The number of nitrogen functional groups attached to an aromatic ring is 1. The van der Waals surface area contributed by atoms with Gasteiger partial charge in [0.2, 0.25) is 5.91 Å². The zero-order chi connectivity index (χ0) is 13.1. The van der Waals surface area contributed by atoms with Crippen LogP contribution in [0, 0.1) is 11.3 Å². The van der Waals surface area contributed by atoms with E-state index in [9.17, 15) is 4.79 Å². The molecule has 1 fully saturated rings. The smallest absolute Gasteiger partial charge is 0.239 e. The first-order valence-electron chi connectivity index (χ1n) is 5.76. The fourth-order valence-electron chi connectivity index (χ4n) is 1.65. The van der Waals surface area contributed by atoms with Gasteiger partial charge < -0.3 is 16.0 Å². The quantitative estimate of drug-likeness (QED) is 0.792. The fourth-order valence-corrected chi connectivity index (χ4v) is 1.65. The molecule has 0 atom stereocenters. The zero-order valence-electron chi connectivity index (χ0n) is 10.2. The first-order chi connectivity index (χ1) is 8.60. The Morgan fingerprint density at radius 2 is 2.44 bits per heavy atom. The minimum absolute atomic E-state index is 0.0532. The lowest BCUT2D eigenvalue weighted by molar-refractivity contribution is -0.119. The summed E-state index contributed by atoms with van der Waals surface area (Å²) in [5.74, 6) is 0.417. The molecule has 1 heterocycles. The van der Waals surface area contributed by atoms with E-state index in [4.69, 9.17) is 11.0 Å². The maximum atomic E-state index is 11.7. The van der Waals surface area contributed by atoms with Gasteiger partial charge in [-0.3, -0.25) is 4.79 Å². The molecule has 0 spiro atoms. The van der Waals surface area contributed by atoms with Crippen LogP contribution < -0.4 is 16.0 Å². The third-order valence-corrected chi connectivity index (χ3v) is 2.69. The average Bonchev–Trinajstić information content (AvgIpc) is 3.12. The van der Waals surface area contributed by atoms with Crippen LogP contribution in [0.15, 0.2) is 12.3 Å². The predicted octanol–water partition coefficient (Wildman–Crippen LogP) is 0.250. The highest BCUT2D eigenvalue weighted by Crippen LogP contribution is 2.20. The van der Waals surface area contributed by atoms with Gasteiger partial charge in [0, 0.05) is 13.1 Å². The van der Waals surface area contributed by atoms with Crippen LogP contribution in [0.3, 0.4) is 0 Å². The summed E-state index contributed by atoms with van der Waals surface area (Å²) >= 11 is 0. The average molecular weight is 245 g/mol. The number of rotatable bonds is 4. The second-order valence-corrected chi connectivity index (χ2v) is 4.45. The first kappa shape index (κ1) is 12.2. The molecule has 18 heavy (non-hydrogen) atoms. The van der Waals surface area contributed by atoms with Crippen molar-refractivity contribution in [3.8, 4) is 6.07 Å². The molecule has 0 aromatic carbocycles. The van der Waals surface area contributed by atoms with E-state index in [0.717, 1.165) is 12.8 Å². The molecule has 6 heteroatoms. The highest BCUT2D eigenvalue weighted by molar-refractivity contribution is 5.82. The number of hydrogen-bond donors (Lipinski definition) is 2. The topological polar surface area (TPSA) is 95.0 Å². The van der Waals surface area contributed by atoms with E-state index < -0.39 is 0 Å². The lowest BCUT2D eigenvalue weighted by Gasteiger charge is -2.18. The van der Waals surface area contributed by atoms with E-state index in [1.54, 1.807) is 18.0 Å². The molecule has 0 saturated heterocycles. The van der Waals surface area contributed by atoms with Crippen LogP contribution in [0.25, 0.3) is 0 Å². The van der Waals surface area contributed by atoms with Crippen LogP contribution >= 0.6 is 0 Å². The normalized spacial score (nSPS) is 13.8. The maximum Gasteiger partial charge on any atom is 0.239 e. The summed E-state index contributed by atoms with van der Waals surface area (Å²) in [7, 11) is 1.73. The Bertz CT molecular complexity index is 504. The lowest BCUT2D eigenvalue weighted by Crippen LogP contribution is -2.36. The van der Waals surface area contributed by atoms with Gasteiger partial charge in [-0.05, 0) is 18.9 Å². The zero-order valence-corrected chi connectivity index (χ0v) is 10.2. The molecular formula is C12H15N5O. The molecule has 1 aliphatic carbocycles. The standard InChI is InChI=1S/C12H15N5O/c1-17(7-11(18)16-10-2-3-10)12-8(5-13)4-9(14)6-15-12/h4,6,10H,2-3,7,14H2,1H3,(H,16,18). The van der Waals surface area contributed by atoms with Gasteiger partial charge in [0.15, 0.2) is 0 Å². The fraction of sp³-hybridized carbons (Fsp3) is 0.417. The number of nitrogens with zero attached hydrogens (tertiary/aromatic N) is 3. The van der Waals surface area contributed by atoms with Crippen molar-refractivity contribution in [3.63, 3.8) is 0 Å². The molecule has 1 aromatic heterocycles. The summed E-state index contributed by atoms with van der Waals surface area (Å²) in [6.07, 6.45) is 3.59. The third-order valence-electron chi connectivity index (χ3n) is 2.69. The van der Waals surface area contributed by atoms with Crippen molar-refractivity contribution in [2.24, 2.45) is 0 Å². The van der Waals surface area contributed by atoms with Gasteiger partial charge >= 0.3 is 0 Å². The van der Waals surface area contributed by atoms with Crippen LogP contribution in [0.4, 0.5) is 11.5 Å². The minimum atomic E-state index is -0.0532. The molecular weight excluding hydrogens is 230 g/mol. The number of nitrogens with two attached hydrogens (primary N) is 1. The second-order valence-electron chi connectivity index (χ2n) is 4.45. The summed E-state index contributed by atoms with van der Waals surface area (Å²) in [5, 5.41) is 11.9. The SMILES string of the molecule is CN(CC(=O)NC1CC1)c1ncc(N)cc1C#N. The summed E-state index contributed by atoms with van der Waals surface area (Å²) in [6.45, 7) is 0.183. The van der Waals surface area contributed by atoms with Crippen LogP contribution in [0.1, 0.15) is 18.4 Å². The number of carbonyl (C=O) groups is 1. The lowest BCUT2D eigenvalue weighted by atomic mass is 10.2. The Kier molecular flexibility index (Phi) is 3.33. The van der Waals surface area contributed by atoms with E-state index in [-0.39, 0.29) is 12.5 Å². The number of nitriles is 1. The molecule has 0 radical (unpaired) electrons. The Morgan fingerprint density at radius 3 is 3.06 bits per heavy atom. The van der Waals surface area contributed by atoms with Crippen LogP contribution in [-0.2, 0) is 4.79 Å². The number of aromatic nitrogens is 1. The Hall–Kier alpha value is -2.29. The van der Waals surface area contributed by atoms with E-state index in [1.165, 1.54) is 6.20 Å². The molecule has 1 aliphatic rings. The first-order valence-corrected chi connectivity index (χ1v) is 5.76. The Labute approximate surface area is 105 Å². The molecule has 0 aliphatic heterocycles. The van der Waals surface area contributed by atoms with Gasteiger partial charge in [-0.15, -0.1) is 0 Å². The molecule has 1 amide bonds. The monoisotopic (exact) mass is 245 g/mol. The number of likely N-dealkylation sites (N-methyl/N-ethyl adjacent to an activating group) is 1. The van der Waals surface area contributed by atoms with Crippen molar-refractivity contribution in [2.75, 3.05) is 24.2 Å². The van der Waals surface area contributed by atoms with Crippen LogP contribution in [0.2, 0.25) is 0 Å². The Balaban J connectivity index is 2.05. The Morgan fingerprint density at radius 1 is 1.72 bits per heavy atom. The highest BCUT2D eigenvalue weighted by atomic mass is 16.2. The minimum Gasteiger partial charge on any atom is -0.397 e. The maximum absolute atomic E-state index is 11.7. The summed E-state index contributed by atoms with van der Waals surface area (Å²) < 4.78 is 0. The van der Waals surface area contributed by atoms with Gasteiger partial charge in [0.1, 0.15) is 11.9 Å². The number of anilines is 2. The summed E-state index contributed by atoms with van der Waals surface area (Å²) in [4.78, 5) is 17.4. The highest BCUT2D eigenvalue weighted by Gasteiger charge is 2.24. The van der Waals surface area contributed by atoms with Gasteiger partial charge in [0.05, 0.1) is 24.0 Å². The van der Waals surface area contributed by atoms with Crippen LogP contribution in [-0.4, -0.2) is 30.5 Å². The molecule has 94 valence electrons. The van der Waals surface area contributed by atoms with Crippen molar-refractivity contribution in [3.05, 3.63) is 17.8 Å². The second kappa shape index (κ2) is 4.92. The largest absolute Gasteiger partial charge is 0.397 e. The van der Waals surface area contributed by atoms with Gasteiger partial charge in [-0.25, -0.2) is 4.98 Å². The van der Waals surface area contributed by atoms with Crippen molar-refractivity contribution >= 4 is 17.4 Å². The van der Waals surface area contributed by atoms with Gasteiger partial charge in [-0.1, -0.05) is 0 Å². The van der Waals surface area contributed by atoms with E-state index >= 15 is 0 Å². The van der Waals surface area contributed by atoms with Crippen molar-refractivity contribution in [2.45, 2.75) is 18.9 Å². The molecule has 2 rings (SSSR count). The predicted molar refractivity (Wildman–Crippen MR) is 67.8 cm³/mol. The van der Waals surface area contributed by atoms with E-state index in [1.807, 2.05) is 6.07 Å². The van der Waals surface area contributed by atoms with Crippen molar-refractivity contribution in [1.29, 1.82) is 5.26 Å². The molecule has 1 aromatic rings. The number of hydrogen-bond acceptors (Lipinski definition) is 5. The molecule has 0 bridgehead atoms. The summed E-state index contributed by atoms with van der Waals surface area (Å²) in [6, 6.07) is 3.91. The van der Waals surface area contributed by atoms with Crippen LogP contribution in [0.5, 0.6) is 0 Å². The molecule has 1 saturated carbocycles. The van der Waals surface area contributed by atoms with Crippen molar-refractivity contribution < 1.29 is 4.79 Å². The summed E-state index contributed by atoms with van der Waals surface area (Å²) in [5.41, 5.74) is 6.38. The molecule has 3 N–H and O–H groups in total. The number of pyridine rings is 1. The van der Waals surface area contributed by atoms with Crippen molar-refractivity contribution in [1.82, 2.24) is 10.3 Å². The molecule has 0 unspecified atom stereocenters.